The highest BCUT2D eigenvalue weighted by Crippen LogP contribution is 2.34. The molecule has 3 rings (SSSR count). The van der Waals surface area contributed by atoms with Crippen molar-refractivity contribution >= 4 is 5.91 Å². The number of hydrogen-bond acceptors (Lipinski definition) is 4. The molecular weight excluding hydrogens is 328 g/mol. The molecular formula is C21H32N2O3. The van der Waals surface area contributed by atoms with Gasteiger partial charge in [-0.1, -0.05) is 12.1 Å². The van der Waals surface area contributed by atoms with E-state index in [2.05, 4.69) is 17.0 Å². The van der Waals surface area contributed by atoms with E-state index in [0.29, 0.717) is 11.8 Å². The van der Waals surface area contributed by atoms with E-state index in [-0.39, 0.29) is 18.6 Å². The molecule has 0 spiro atoms. The number of nitrogens with zero attached hydrogens (tertiary/aromatic N) is 2. The molecule has 1 aromatic carbocycles. The number of aliphatic hydroxyl groups excluding tert-OH is 1. The van der Waals surface area contributed by atoms with Gasteiger partial charge in [0.2, 0.25) is 5.91 Å². The second kappa shape index (κ2) is 8.87. The molecule has 1 aromatic rings. The summed E-state index contributed by atoms with van der Waals surface area (Å²) >= 11 is 0. The van der Waals surface area contributed by atoms with Crippen molar-refractivity contribution in [3.8, 4) is 5.75 Å². The summed E-state index contributed by atoms with van der Waals surface area (Å²) in [7, 11) is 3.68. The molecule has 0 bridgehead atoms. The minimum atomic E-state index is 0.220. The third kappa shape index (κ3) is 4.77. The fourth-order valence-corrected chi connectivity index (χ4v) is 4.15. The molecule has 2 aliphatic rings. The van der Waals surface area contributed by atoms with Crippen molar-refractivity contribution in [3.05, 3.63) is 29.8 Å². The second-order valence-corrected chi connectivity index (χ2v) is 7.75. The summed E-state index contributed by atoms with van der Waals surface area (Å²) in [6.45, 7) is 2.98. The molecule has 1 aliphatic carbocycles. The predicted octanol–water partition coefficient (Wildman–Crippen LogP) is 2.18. The van der Waals surface area contributed by atoms with Crippen LogP contribution in [-0.4, -0.2) is 67.3 Å². The highest BCUT2D eigenvalue weighted by Gasteiger charge is 2.37. The van der Waals surface area contributed by atoms with Crippen LogP contribution in [0.5, 0.6) is 5.75 Å². The Bertz CT molecular complexity index is 595. The highest BCUT2D eigenvalue weighted by atomic mass is 16.5. The van der Waals surface area contributed by atoms with Crippen molar-refractivity contribution in [1.29, 1.82) is 0 Å². The maximum absolute atomic E-state index is 12.7. The Morgan fingerprint density at radius 3 is 2.65 bits per heavy atom. The van der Waals surface area contributed by atoms with Crippen LogP contribution in [0.3, 0.4) is 0 Å². The monoisotopic (exact) mass is 360 g/mol. The smallest absolute Gasteiger partial charge is 0.225 e. The first-order valence-electron chi connectivity index (χ1n) is 9.85. The molecule has 1 N–H and O–H groups in total. The molecule has 1 aliphatic heterocycles. The van der Waals surface area contributed by atoms with Gasteiger partial charge in [0, 0.05) is 25.6 Å². The van der Waals surface area contributed by atoms with E-state index in [0.717, 1.165) is 57.5 Å². The Morgan fingerprint density at radius 2 is 2.04 bits per heavy atom. The molecule has 26 heavy (non-hydrogen) atoms. The lowest BCUT2D eigenvalue weighted by Crippen LogP contribution is -2.48. The molecule has 1 atom stereocenters. The van der Waals surface area contributed by atoms with Crippen molar-refractivity contribution in [2.24, 2.45) is 11.8 Å². The molecule has 5 heteroatoms. The Hall–Kier alpha value is -1.59. The van der Waals surface area contributed by atoms with Crippen LogP contribution in [0.15, 0.2) is 24.3 Å². The van der Waals surface area contributed by atoms with Gasteiger partial charge in [-0.2, -0.15) is 0 Å². The van der Waals surface area contributed by atoms with Crippen molar-refractivity contribution in [3.63, 3.8) is 0 Å². The third-order valence-electron chi connectivity index (χ3n) is 5.94. The number of rotatable bonds is 8. The predicted molar refractivity (Wildman–Crippen MR) is 102 cm³/mol. The number of likely N-dealkylation sites (N-methyl/N-ethyl adjacent to an activating group) is 1. The number of aliphatic hydroxyl groups is 1. The average molecular weight is 360 g/mol. The van der Waals surface area contributed by atoms with Gasteiger partial charge >= 0.3 is 0 Å². The van der Waals surface area contributed by atoms with Crippen molar-refractivity contribution in [1.82, 2.24) is 9.80 Å². The summed E-state index contributed by atoms with van der Waals surface area (Å²) in [6, 6.07) is 8.43. The minimum Gasteiger partial charge on any atom is -0.497 e. The van der Waals surface area contributed by atoms with Crippen LogP contribution < -0.4 is 4.74 Å². The SMILES string of the molecule is COc1cccc(CC(C2CCN(CCO)CC2)N(C)C(=O)C2CC2)c1. The van der Waals surface area contributed by atoms with Gasteiger partial charge in [0.25, 0.3) is 0 Å². The summed E-state index contributed by atoms with van der Waals surface area (Å²) in [5, 5.41) is 9.16. The Labute approximate surface area is 156 Å². The fourth-order valence-electron chi connectivity index (χ4n) is 4.15. The summed E-state index contributed by atoms with van der Waals surface area (Å²) in [5.74, 6) is 1.94. The van der Waals surface area contributed by atoms with Gasteiger partial charge in [0.05, 0.1) is 13.7 Å². The van der Waals surface area contributed by atoms with Gasteiger partial charge in [-0.25, -0.2) is 0 Å². The number of likely N-dealkylation sites (tertiary alicyclic amines) is 1. The van der Waals surface area contributed by atoms with Crippen LogP contribution in [0.25, 0.3) is 0 Å². The van der Waals surface area contributed by atoms with Crippen LogP contribution in [0.2, 0.25) is 0 Å². The van der Waals surface area contributed by atoms with Gasteiger partial charge in [0.1, 0.15) is 5.75 Å². The number of carbonyl (C=O) groups excluding carboxylic acids is 1. The van der Waals surface area contributed by atoms with Crippen LogP contribution >= 0.6 is 0 Å². The van der Waals surface area contributed by atoms with Gasteiger partial charge in [-0.15, -0.1) is 0 Å². The van der Waals surface area contributed by atoms with Crippen molar-refractivity contribution in [2.75, 3.05) is 40.4 Å². The van der Waals surface area contributed by atoms with Crippen LogP contribution in [0.1, 0.15) is 31.2 Å². The first-order chi connectivity index (χ1) is 12.6. The van der Waals surface area contributed by atoms with Crippen LogP contribution in [-0.2, 0) is 11.2 Å². The fraction of sp³-hybridized carbons (Fsp3) is 0.667. The first-order valence-corrected chi connectivity index (χ1v) is 9.85. The number of ether oxygens (including phenoxy) is 1. The average Bonchev–Trinajstić information content (AvgIpc) is 3.51. The standard InChI is InChI=1S/C21H32N2O3/c1-22(21(25)18-6-7-18)20(15-16-4-3-5-19(14-16)26-2)17-8-10-23(11-9-17)12-13-24/h3-5,14,17-18,20,24H,6-13,15H2,1-2H3. The highest BCUT2D eigenvalue weighted by molar-refractivity contribution is 5.81. The number of benzene rings is 1. The lowest BCUT2D eigenvalue weighted by molar-refractivity contribution is -0.134. The number of piperidine rings is 1. The van der Waals surface area contributed by atoms with Gasteiger partial charge < -0.3 is 19.6 Å². The number of hydrogen-bond donors (Lipinski definition) is 1. The molecule has 1 heterocycles. The zero-order valence-electron chi connectivity index (χ0n) is 16.1. The lowest BCUT2D eigenvalue weighted by atomic mass is 9.84. The largest absolute Gasteiger partial charge is 0.497 e. The van der Waals surface area contributed by atoms with Crippen molar-refractivity contribution in [2.45, 2.75) is 38.1 Å². The van der Waals surface area contributed by atoms with Gasteiger partial charge in [-0.05, 0) is 68.8 Å². The van der Waals surface area contributed by atoms with E-state index in [1.165, 1.54) is 5.56 Å². The summed E-state index contributed by atoms with van der Waals surface area (Å²) < 4.78 is 5.37. The number of methoxy groups -OCH3 is 1. The lowest BCUT2D eigenvalue weighted by Gasteiger charge is -2.40. The zero-order valence-corrected chi connectivity index (χ0v) is 16.1. The number of amides is 1. The maximum atomic E-state index is 12.7. The Kier molecular flexibility index (Phi) is 6.54. The third-order valence-corrected chi connectivity index (χ3v) is 5.94. The summed E-state index contributed by atoms with van der Waals surface area (Å²) in [5.41, 5.74) is 1.22. The first kappa shape index (κ1) is 19.2. The molecule has 1 amide bonds. The molecule has 144 valence electrons. The van der Waals surface area contributed by atoms with Gasteiger partial charge in [-0.3, -0.25) is 4.79 Å². The normalized spacial score (nSPS) is 20.0. The summed E-state index contributed by atoms with van der Waals surface area (Å²) in [6.07, 6.45) is 5.12. The Balaban J connectivity index is 1.72. The number of β-amino-alcohol motifs (C(OH)–C–C–N with tert-alkyl or cyclic N) is 1. The van der Waals surface area contributed by atoms with E-state index in [4.69, 9.17) is 9.84 Å². The minimum absolute atomic E-state index is 0.220. The van der Waals surface area contributed by atoms with Gasteiger partial charge in [0.15, 0.2) is 0 Å². The van der Waals surface area contributed by atoms with Crippen molar-refractivity contribution < 1.29 is 14.6 Å². The molecule has 0 radical (unpaired) electrons. The van der Waals surface area contributed by atoms with E-state index >= 15 is 0 Å². The maximum Gasteiger partial charge on any atom is 0.225 e. The van der Waals surface area contributed by atoms with E-state index < -0.39 is 0 Å². The quantitative estimate of drug-likeness (QED) is 0.772. The van der Waals surface area contributed by atoms with E-state index in [1.807, 2.05) is 24.1 Å². The van der Waals surface area contributed by atoms with E-state index in [1.54, 1.807) is 7.11 Å². The molecule has 1 saturated carbocycles. The zero-order chi connectivity index (χ0) is 18.5. The van der Waals surface area contributed by atoms with E-state index in [9.17, 15) is 4.79 Å². The number of carbonyl (C=O) groups is 1. The molecule has 2 fully saturated rings. The van der Waals surface area contributed by atoms with Crippen LogP contribution in [0, 0.1) is 11.8 Å². The molecule has 1 unspecified atom stereocenters. The topological polar surface area (TPSA) is 53.0 Å². The molecule has 5 nitrogen and oxygen atoms in total. The van der Waals surface area contributed by atoms with Crippen LogP contribution in [0.4, 0.5) is 0 Å². The second-order valence-electron chi connectivity index (χ2n) is 7.75. The summed E-state index contributed by atoms with van der Waals surface area (Å²) in [4.78, 5) is 17.1. The molecule has 1 saturated heterocycles. The Morgan fingerprint density at radius 1 is 1.31 bits per heavy atom. The molecule has 0 aromatic heterocycles.